The molecule has 1 fully saturated rings. The molecule has 19 heavy (non-hydrogen) atoms. The van der Waals surface area contributed by atoms with Gasteiger partial charge in [-0.1, -0.05) is 13.8 Å². The molecule has 0 unspecified atom stereocenters. The van der Waals surface area contributed by atoms with Crippen molar-refractivity contribution in [1.29, 1.82) is 0 Å². The summed E-state index contributed by atoms with van der Waals surface area (Å²) in [7, 11) is 0. The number of nitrogens with two attached hydrogens (primary N) is 1. The molecule has 0 aliphatic carbocycles. The zero-order valence-electron chi connectivity index (χ0n) is 12.2. The summed E-state index contributed by atoms with van der Waals surface area (Å²) in [6.07, 6.45) is 3.31. The highest BCUT2D eigenvalue weighted by molar-refractivity contribution is 5.83. The van der Waals surface area contributed by atoms with Crippen LogP contribution >= 0.6 is 0 Å². The fraction of sp³-hybridized carbons (Fsp3) is 0.857. The summed E-state index contributed by atoms with van der Waals surface area (Å²) < 4.78 is 0. The van der Waals surface area contributed by atoms with E-state index in [1.54, 1.807) is 0 Å². The van der Waals surface area contributed by atoms with Crippen molar-refractivity contribution >= 4 is 11.8 Å². The standard InChI is InChI=1S/C14H27N3O2/c1-11(2)5-8-16-13(18)3-4-14(19)17-9-6-12(15)7-10-17/h11-12H,3-10,15H2,1-2H3,(H,16,18). The first kappa shape index (κ1) is 16.0. The van der Waals surface area contributed by atoms with E-state index in [2.05, 4.69) is 19.2 Å². The molecule has 5 heteroatoms. The van der Waals surface area contributed by atoms with E-state index in [1.807, 2.05) is 4.90 Å². The van der Waals surface area contributed by atoms with E-state index in [0.717, 1.165) is 32.4 Å². The molecule has 0 aromatic carbocycles. The fourth-order valence-electron chi connectivity index (χ4n) is 2.12. The van der Waals surface area contributed by atoms with Crippen LogP contribution < -0.4 is 11.1 Å². The Morgan fingerprint density at radius 2 is 1.89 bits per heavy atom. The first-order chi connectivity index (χ1) is 8.99. The van der Waals surface area contributed by atoms with Crippen LogP contribution in [0.25, 0.3) is 0 Å². The number of carbonyl (C=O) groups is 2. The zero-order chi connectivity index (χ0) is 14.3. The molecule has 0 spiro atoms. The van der Waals surface area contributed by atoms with Crippen molar-refractivity contribution in [1.82, 2.24) is 10.2 Å². The largest absolute Gasteiger partial charge is 0.356 e. The van der Waals surface area contributed by atoms with Crippen LogP contribution in [-0.4, -0.2) is 42.4 Å². The van der Waals surface area contributed by atoms with Gasteiger partial charge in [0.1, 0.15) is 0 Å². The maximum absolute atomic E-state index is 11.9. The smallest absolute Gasteiger partial charge is 0.223 e. The number of piperidine rings is 1. The number of hydrogen-bond acceptors (Lipinski definition) is 3. The summed E-state index contributed by atoms with van der Waals surface area (Å²) in [4.78, 5) is 25.3. The summed E-state index contributed by atoms with van der Waals surface area (Å²) in [6.45, 7) is 6.40. The van der Waals surface area contributed by atoms with E-state index in [0.29, 0.717) is 25.3 Å². The minimum Gasteiger partial charge on any atom is -0.356 e. The second-order valence-corrected chi connectivity index (χ2v) is 5.75. The van der Waals surface area contributed by atoms with Crippen molar-refractivity contribution in [2.45, 2.75) is 52.0 Å². The number of rotatable bonds is 6. The molecule has 110 valence electrons. The monoisotopic (exact) mass is 269 g/mol. The summed E-state index contributed by atoms with van der Waals surface area (Å²) in [6, 6.07) is 0.225. The number of nitrogens with one attached hydrogen (secondary N) is 1. The van der Waals surface area contributed by atoms with Gasteiger partial charge in [0.15, 0.2) is 0 Å². The third-order valence-electron chi connectivity index (χ3n) is 3.50. The van der Waals surface area contributed by atoms with Crippen LogP contribution in [0.4, 0.5) is 0 Å². The Bertz CT molecular complexity index is 297. The predicted molar refractivity (Wildman–Crippen MR) is 75.5 cm³/mol. The highest BCUT2D eigenvalue weighted by atomic mass is 16.2. The van der Waals surface area contributed by atoms with E-state index in [-0.39, 0.29) is 17.9 Å². The lowest BCUT2D eigenvalue weighted by Gasteiger charge is -2.30. The van der Waals surface area contributed by atoms with Crippen LogP contribution in [-0.2, 0) is 9.59 Å². The number of nitrogens with zero attached hydrogens (tertiary/aromatic N) is 1. The molecule has 1 rings (SSSR count). The van der Waals surface area contributed by atoms with Crippen LogP contribution in [0.3, 0.4) is 0 Å². The van der Waals surface area contributed by atoms with Crippen molar-refractivity contribution in [3.8, 4) is 0 Å². The van der Waals surface area contributed by atoms with Crippen molar-refractivity contribution in [2.75, 3.05) is 19.6 Å². The second-order valence-electron chi connectivity index (χ2n) is 5.75. The normalized spacial score (nSPS) is 16.7. The van der Waals surface area contributed by atoms with E-state index in [9.17, 15) is 9.59 Å². The van der Waals surface area contributed by atoms with Gasteiger partial charge in [-0.2, -0.15) is 0 Å². The second kappa shape index (κ2) is 8.15. The van der Waals surface area contributed by atoms with Gasteiger partial charge in [-0.05, 0) is 25.2 Å². The van der Waals surface area contributed by atoms with Crippen molar-refractivity contribution in [2.24, 2.45) is 11.7 Å². The van der Waals surface area contributed by atoms with Gasteiger partial charge in [0.2, 0.25) is 11.8 Å². The van der Waals surface area contributed by atoms with Gasteiger partial charge in [0.05, 0.1) is 0 Å². The van der Waals surface area contributed by atoms with Crippen molar-refractivity contribution < 1.29 is 9.59 Å². The van der Waals surface area contributed by atoms with E-state index in [1.165, 1.54) is 0 Å². The van der Waals surface area contributed by atoms with Crippen LogP contribution in [0, 0.1) is 5.92 Å². The molecule has 1 saturated heterocycles. The average Bonchev–Trinajstić information content (AvgIpc) is 2.36. The molecule has 5 nitrogen and oxygen atoms in total. The Morgan fingerprint density at radius 3 is 2.47 bits per heavy atom. The number of hydrogen-bond donors (Lipinski definition) is 2. The maximum Gasteiger partial charge on any atom is 0.223 e. The topological polar surface area (TPSA) is 75.4 Å². The first-order valence-corrected chi connectivity index (χ1v) is 7.29. The van der Waals surface area contributed by atoms with Gasteiger partial charge < -0.3 is 16.0 Å². The molecule has 0 bridgehead atoms. The van der Waals surface area contributed by atoms with Gasteiger partial charge in [-0.3, -0.25) is 9.59 Å². The summed E-state index contributed by atoms with van der Waals surface area (Å²) in [5, 5.41) is 2.85. The van der Waals surface area contributed by atoms with E-state index >= 15 is 0 Å². The number of carbonyl (C=O) groups excluding carboxylic acids is 2. The minimum absolute atomic E-state index is 0.0253. The Hall–Kier alpha value is -1.10. The molecule has 0 radical (unpaired) electrons. The van der Waals surface area contributed by atoms with Crippen LogP contribution in [0.5, 0.6) is 0 Å². The van der Waals surface area contributed by atoms with Gasteiger partial charge in [0.25, 0.3) is 0 Å². The minimum atomic E-state index is -0.0253. The van der Waals surface area contributed by atoms with E-state index in [4.69, 9.17) is 5.73 Å². The Labute approximate surface area is 115 Å². The molecular formula is C14H27N3O2. The molecule has 1 aliphatic rings. The lowest BCUT2D eigenvalue weighted by molar-refractivity contribution is -0.134. The highest BCUT2D eigenvalue weighted by Crippen LogP contribution is 2.10. The number of likely N-dealkylation sites (tertiary alicyclic amines) is 1. The summed E-state index contributed by atoms with van der Waals surface area (Å²) in [5.74, 6) is 0.633. The van der Waals surface area contributed by atoms with Gasteiger partial charge in [-0.25, -0.2) is 0 Å². The third kappa shape index (κ3) is 6.57. The fourth-order valence-corrected chi connectivity index (χ4v) is 2.12. The third-order valence-corrected chi connectivity index (χ3v) is 3.50. The van der Waals surface area contributed by atoms with Crippen LogP contribution in [0.15, 0.2) is 0 Å². The van der Waals surface area contributed by atoms with Gasteiger partial charge in [-0.15, -0.1) is 0 Å². The lowest BCUT2D eigenvalue weighted by Crippen LogP contribution is -2.43. The SMILES string of the molecule is CC(C)CCNC(=O)CCC(=O)N1CCC(N)CC1. The molecule has 0 atom stereocenters. The first-order valence-electron chi connectivity index (χ1n) is 7.29. The Kier molecular flexibility index (Phi) is 6.84. The summed E-state index contributed by atoms with van der Waals surface area (Å²) >= 11 is 0. The molecule has 0 aromatic rings. The van der Waals surface area contributed by atoms with Crippen LogP contribution in [0.2, 0.25) is 0 Å². The van der Waals surface area contributed by atoms with Crippen molar-refractivity contribution in [3.05, 3.63) is 0 Å². The Morgan fingerprint density at radius 1 is 1.26 bits per heavy atom. The molecular weight excluding hydrogens is 242 g/mol. The highest BCUT2D eigenvalue weighted by Gasteiger charge is 2.20. The Balaban J connectivity index is 2.14. The molecule has 0 saturated carbocycles. The van der Waals surface area contributed by atoms with Gasteiger partial charge >= 0.3 is 0 Å². The molecule has 1 heterocycles. The molecule has 1 aliphatic heterocycles. The maximum atomic E-state index is 11.9. The summed E-state index contributed by atoms with van der Waals surface area (Å²) in [5.41, 5.74) is 5.80. The quantitative estimate of drug-likeness (QED) is 0.751. The predicted octanol–water partition coefficient (Wildman–Crippen LogP) is 0.879. The molecule has 3 N–H and O–H groups in total. The molecule has 2 amide bonds. The number of amides is 2. The molecule has 0 aromatic heterocycles. The van der Waals surface area contributed by atoms with Crippen LogP contribution in [0.1, 0.15) is 46.0 Å². The lowest BCUT2D eigenvalue weighted by atomic mass is 10.1. The van der Waals surface area contributed by atoms with Gasteiger partial charge in [0, 0.05) is 38.5 Å². The van der Waals surface area contributed by atoms with Crippen molar-refractivity contribution in [3.63, 3.8) is 0 Å². The van der Waals surface area contributed by atoms with E-state index < -0.39 is 0 Å². The average molecular weight is 269 g/mol. The zero-order valence-corrected chi connectivity index (χ0v) is 12.2.